The van der Waals surface area contributed by atoms with Crippen molar-refractivity contribution in [3.63, 3.8) is 0 Å². The van der Waals surface area contributed by atoms with Gasteiger partial charge in [0, 0.05) is 12.2 Å². The van der Waals surface area contributed by atoms with E-state index in [2.05, 4.69) is 12.6 Å². The van der Waals surface area contributed by atoms with Gasteiger partial charge in [-0.1, -0.05) is 0 Å². The van der Waals surface area contributed by atoms with E-state index in [-0.39, 0.29) is 24.4 Å². The van der Waals surface area contributed by atoms with Crippen LogP contribution >= 0.6 is 12.6 Å². The highest BCUT2D eigenvalue weighted by molar-refractivity contribution is 7.81. The Balaban J connectivity index is 3.54. The first-order chi connectivity index (χ1) is 5.07. The molecule has 0 aromatic heterocycles. The third kappa shape index (κ3) is 4.80. The molecule has 0 heterocycles. The lowest BCUT2D eigenvalue weighted by atomic mass is 10.1. The van der Waals surface area contributed by atoms with E-state index < -0.39 is 12.0 Å². The average molecular weight is 177 g/mol. The molecule has 0 amide bonds. The highest BCUT2D eigenvalue weighted by atomic mass is 32.1. The van der Waals surface area contributed by atoms with Gasteiger partial charge in [-0.05, 0) is 6.42 Å². The van der Waals surface area contributed by atoms with E-state index in [0.717, 1.165) is 0 Å². The number of aliphatic carboxylic acids is 1. The summed E-state index contributed by atoms with van der Waals surface area (Å²) < 4.78 is 0. The fraction of sp³-hybridized carbons (Fsp3) is 0.667. The van der Waals surface area contributed by atoms with Gasteiger partial charge in [0.05, 0.1) is 0 Å². The molecule has 0 aromatic carbocycles. The standard InChI is InChI=1S/C6H11NO3S/c7-5(6(9)10)2-1-4(8)3-11/h5,11H,1-3,7H2,(H,9,10)/t5-/m0/s1. The summed E-state index contributed by atoms with van der Waals surface area (Å²) in [7, 11) is 0. The Hall–Kier alpha value is -0.550. The molecule has 0 aliphatic rings. The lowest BCUT2D eigenvalue weighted by molar-refractivity contribution is -0.138. The second-order valence-corrected chi connectivity index (χ2v) is 2.50. The predicted molar refractivity (Wildman–Crippen MR) is 43.7 cm³/mol. The minimum Gasteiger partial charge on any atom is -0.480 e. The van der Waals surface area contributed by atoms with Crippen LogP contribution in [0.3, 0.4) is 0 Å². The van der Waals surface area contributed by atoms with E-state index in [1.165, 1.54) is 0 Å². The van der Waals surface area contributed by atoms with E-state index in [1.807, 2.05) is 0 Å². The topological polar surface area (TPSA) is 80.4 Å². The molecule has 11 heavy (non-hydrogen) atoms. The summed E-state index contributed by atoms with van der Waals surface area (Å²) in [5.41, 5.74) is 5.14. The summed E-state index contributed by atoms with van der Waals surface area (Å²) in [6, 6.07) is -0.932. The Bertz CT molecular complexity index is 160. The molecule has 0 fully saturated rings. The lowest BCUT2D eigenvalue weighted by Crippen LogP contribution is -2.30. The van der Waals surface area contributed by atoms with Crippen molar-refractivity contribution in [2.24, 2.45) is 5.73 Å². The monoisotopic (exact) mass is 177 g/mol. The zero-order valence-corrected chi connectivity index (χ0v) is 6.88. The van der Waals surface area contributed by atoms with Crippen LogP contribution < -0.4 is 5.73 Å². The van der Waals surface area contributed by atoms with E-state index in [1.54, 1.807) is 0 Å². The molecule has 0 radical (unpaired) electrons. The van der Waals surface area contributed by atoms with E-state index in [4.69, 9.17) is 10.8 Å². The molecule has 0 aliphatic heterocycles. The molecule has 0 saturated heterocycles. The molecule has 0 spiro atoms. The van der Waals surface area contributed by atoms with Crippen LogP contribution in [0, 0.1) is 0 Å². The largest absolute Gasteiger partial charge is 0.480 e. The molecule has 4 nitrogen and oxygen atoms in total. The molecule has 0 saturated carbocycles. The molecule has 5 heteroatoms. The molecule has 0 bridgehead atoms. The summed E-state index contributed by atoms with van der Waals surface area (Å²) in [6.45, 7) is 0. The van der Waals surface area contributed by atoms with Crippen molar-refractivity contribution < 1.29 is 14.7 Å². The van der Waals surface area contributed by atoms with Gasteiger partial charge in [0.1, 0.15) is 11.8 Å². The second-order valence-electron chi connectivity index (χ2n) is 2.18. The maximum Gasteiger partial charge on any atom is 0.320 e. The molecule has 64 valence electrons. The van der Waals surface area contributed by atoms with Gasteiger partial charge in [-0.3, -0.25) is 9.59 Å². The molecule has 3 N–H and O–H groups in total. The van der Waals surface area contributed by atoms with Crippen molar-refractivity contribution in [1.82, 2.24) is 0 Å². The van der Waals surface area contributed by atoms with Gasteiger partial charge in [0.2, 0.25) is 0 Å². The summed E-state index contributed by atoms with van der Waals surface area (Å²) in [5.74, 6) is -1.01. The Labute approximate surface area is 70.2 Å². The Kier molecular flexibility index (Phi) is 4.89. The fourth-order valence-electron chi connectivity index (χ4n) is 0.519. The van der Waals surface area contributed by atoms with Crippen molar-refractivity contribution in [2.75, 3.05) is 5.75 Å². The van der Waals surface area contributed by atoms with Crippen LogP contribution in [-0.4, -0.2) is 28.7 Å². The quantitative estimate of drug-likeness (QED) is 0.503. The van der Waals surface area contributed by atoms with Crippen LogP contribution in [0.5, 0.6) is 0 Å². The van der Waals surface area contributed by atoms with E-state index in [0.29, 0.717) is 0 Å². The number of carbonyl (C=O) groups is 2. The Morgan fingerprint density at radius 2 is 2.09 bits per heavy atom. The Morgan fingerprint density at radius 3 is 2.45 bits per heavy atom. The molecule has 0 aliphatic carbocycles. The highest BCUT2D eigenvalue weighted by Gasteiger charge is 2.12. The first kappa shape index (κ1) is 10.4. The van der Waals surface area contributed by atoms with E-state index >= 15 is 0 Å². The fourth-order valence-corrected chi connectivity index (χ4v) is 0.677. The van der Waals surface area contributed by atoms with Gasteiger partial charge in [-0.25, -0.2) is 0 Å². The molecule has 0 unspecified atom stereocenters. The number of carboxylic acid groups (broad SMARTS) is 1. The van der Waals surface area contributed by atoms with Crippen molar-refractivity contribution in [2.45, 2.75) is 18.9 Å². The SMILES string of the molecule is N[C@@H](CCC(=O)CS)C(=O)O. The number of carboxylic acids is 1. The number of thiol groups is 1. The van der Waals surface area contributed by atoms with Crippen LogP contribution in [0.25, 0.3) is 0 Å². The molecule has 0 aromatic rings. The minimum absolute atomic E-state index is 0.0787. The van der Waals surface area contributed by atoms with Crippen LogP contribution in [0.2, 0.25) is 0 Å². The van der Waals surface area contributed by atoms with Crippen LogP contribution in [-0.2, 0) is 9.59 Å². The van der Waals surface area contributed by atoms with Crippen molar-refractivity contribution in [3.05, 3.63) is 0 Å². The smallest absolute Gasteiger partial charge is 0.320 e. The number of hydrogen-bond donors (Lipinski definition) is 3. The Morgan fingerprint density at radius 1 is 1.55 bits per heavy atom. The number of nitrogens with two attached hydrogens (primary N) is 1. The first-order valence-corrected chi connectivity index (χ1v) is 3.82. The van der Waals surface area contributed by atoms with Gasteiger partial charge in [0.25, 0.3) is 0 Å². The number of carbonyl (C=O) groups excluding carboxylic acids is 1. The highest BCUT2D eigenvalue weighted by Crippen LogP contribution is 1.96. The van der Waals surface area contributed by atoms with Crippen LogP contribution in [0.4, 0.5) is 0 Å². The van der Waals surface area contributed by atoms with Crippen molar-refractivity contribution >= 4 is 24.4 Å². The lowest BCUT2D eigenvalue weighted by Gasteiger charge is -2.03. The van der Waals surface area contributed by atoms with Gasteiger partial charge < -0.3 is 10.8 Å². The van der Waals surface area contributed by atoms with Gasteiger partial charge >= 0.3 is 5.97 Å². The minimum atomic E-state index is -1.07. The van der Waals surface area contributed by atoms with Gasteiger partial charge in [-0.2, -0.15) is 12.6 Å². The molecule has 0 rings (SSSR count). The third-order valence-electron chi connectivity index (χ3n) is 1.23. The van der Waals surface area contributed by atoms with Gasteiger partial charge in [-0.15, -0.1) is 0 Å². The summed E-state index contributed by atoms with van der Waals surface area (Å²) in [5, 5.41) is 8.31. The summed E-state index contributed by atoms with van der Waals surface area (Å²) in [6.07, 6.45) is 0.381. The van der Waals surface area contributed by atoms with Crippen molar-refractivity contribution in [3.8, 4) is 0 Å². The molecular weight excluding hydrogens is 166 g/mol. The predicted octanol–water partition coefficient (Wildman–Crippen LogP) is -0.323. The maximum absolute atomic E-state index is 10.6. The maximum atomic E-state index is 10.6. The van der Waals surface area contributed by atoms with Crippen molar-refractivity contribution in [1.29, 1.82) is 0 Å². The van der Waals surface area contributed by atoms with Crippen LogP contribution in [0.15, 0.2) is 0 Å². The third-order valence-corrected chi connectivity index (χ3v) is 1.58. The number of ketones is 1. The summed E-state index contributed by atoms with van der Waals surface area (Å²) in [4.78, 5) is 20.8. The molecular formula is C6H11NO3S. The number of Topliss-reactive ketones (excluding diaryl/α,β-unsaturated/α-hetero) is 1. The number of rotatable bonds is 5. The second kappa shape index (κ2) is 5.15. The molecule has 1 atom stereocenters. The van der Waals surface area contributed by atoms with Gasteiger partial charge in [0.15, 0.2) is 0 Å². The normalized spacial score (nSPS) is 12.5. The number of hydrogen-bond acceptors (Lipinski definition) is 4. The first-order valence-electron chi connectivity index (χ1n) is 3.19. The zero-order chi connectivity index (χ0) is 8.85. The van der Waals surface area contributed by atoms with Crippen LogP contribution in [0.1, 0.15) is 12.8 Å². The average Bonchev–Trinajstić information content (AvgIpc) is 1.99. The summed E-state index contributed by atoms with van der Waals surface area (Å²) >= 11 is 3.73. The zero-order valence-electron chi connectivity index (χ0n) is 5.99. The van der Waals surface area contributed by atoms with E-state index in [9.17, 15) is 9.59 Å².